The second kappa shape index (κ2) is 5.36. The third-order valence-electron chi connectivity index (χ3n) is 4.28. The Hall–Kier alpha value is -0.610. The van der Waals surface area contributed by atoms with E-state index in [4.69, 9.17) is 0 Å². The molecule has 0 aromatic carbocycles. The van der Waals surface area contributed by atoms with Gasteiger partial charge in [0.05, 0.1) is 6.04 Å². The standard InChI is InChI=1S/C13H25N3O/c1-4-15-7-8-16(9-11(15)3)13(17)12-10(2)5-6-14-12/h10-12,14H,4-9H2,1-3H3. The van der Waals surface area contributed by atoms with Crippen LogP contribution in [0.3, 0.4) is 0 Å². The van der Waals surface area contributed by atoms with Gasteiger partial charge in [-0.05, 0) is 32.4 Å². The second-order valence-corrected chi connectivity index (χ2v) is 5.46. The van der Waals surface area contributed by atoms with Crippen molar-refractivity contribution in [2.75, 3.05) is 32.7 Å². The second-order valence-electron chi connectivity index (χ2n) is 5.46. The minimum Gasteiger partial charge on any atom is -0.338 e. The van der Waals surface area contributed by atoms with E-state index >= 15 is 0 Å². The molecule has 0 aliphatic carbocycles. The molecule has 2 saturated heterocycles. The first-order chi connectivity index (χ1) is 8.13. The van der Waals surface area contributed by atoms with E-state index in [0.717, 1.165) is 39.1 Å². The van der Waals surface area contributed by atoms with E-state index in [1.54, 1.807) is 0 Å². The summed E-state index contributed by atoms with van der Waals surface area (Å²) in [5.41, 5.74) is 0. The Morgan fingerprint density at radius 3 is 2.65 bits per heavy atom. The zero-order valence-electron chi connectivity index (χ0n) is 11.3. The van der Waals surface area contributed by atoms with Crippen LogP contribution in [-0.2, 0) is 4.79 Å². The monoisotopic (exact) mass is 239 g/mol. The number of carbonyl (C=O) groups excluding carboxylic acids is 1. The molecule has 0 aromatic rings. The van der Waals surface area contributed by atoms with Crippen molar-refractivity contribution in [3.63, 3.8) is 0 Å². The molecular formula is C13H25N3O. The highest BCUT2D eigenvalue weighted by atomic mass is 16.2. The summed E-state index contributed by atoms with van der Waals surface area (Å²) in [6, 6.07) is 0.560. The molecule has 0 saturated carbocycles. The quantitative estimate of drug-likeness (QED) is 0.764. The number of hydrogen-bond donors (Lipinski definition) is 1. The smallest absolute Gasteiger partial charge is 0.240 e. The molecular weight excluding hydrogens is 214 g/mol. The maximum absolute atomic E-state index is 12.4. The summed E-state index contributed by atoms with van der Waals surface area (Å²) < 4.78 is 0. The lowest BCUT2D eigenvalue weighted by Gasteiger charge is -2.40. The van der Waals surface area contributed by atoms with Gasteiger partial charge in [0.15, 0.2) is 0 Å². The molecule has 0 spiro atoms. The predicted molar refractivity (Wildman–Crippen MR) is 68.9 cm³/mol. The van der Waals surface area contributed by atoms with Gasteiger partial charge in [-0.2, -0.15) is 0 Å². The summed E-state index contributed by atoms with van der Waals surface area (Å²) >= 11 is 0. The van der Waals surface area contributed by atoms with Gasteiger partial charge in [0.2, 0.25) is 5.91 Å². The van der Waals surface area contributed by atoms with Crippen LogP contribution in [0.15, 0.2) is 0 Å². The number of nitrogens with zero attached hydrogens (tertiary/aromatic N) is 2. The lowest BCUT2D eigenvalue weighted by molar-refractivity contribution is -0.136. The van der Waals surface area contributed by atoms with Crippen LogP contribution in [0.5, 0.6) is 0 Å². The first-order valence-electron chi connectivity index (χ1n) is 6.89. The van der Waals surface area contributed by atoms with Crippen molar-refractivity contribution in [2.24, 2.45) is 5.92 Å². The van der Waals surface area contributed by atoms with Crippen molar-refractivity contribution in [3.8, 4) is 0 Å². The topological polar surface area (TPSA) is 35.6 Å². The van der Waals surface area contributed by atoms with Crippen LogP contribution in [0.1, 0.15) is 27.2 Å². The van der Waals surface area contributed by atoms with Crippen LogP contribution in [0.4, 0.5) is 0 Å². The molecule has 3 atom stereocenters. The number of rotatable bonds is 2. The summed E-state index contributed by atoms with van der Waals surface area (Å²) in [6.45, 7) is 11.4. The van der Waals surface area contributed by atoms with Gasteiger partial charge in [-0.25, -0.2) is 0 Å². The van der Waals surface area contributed by atoms with Crippen LogP contribution >= 0.6 is 0 Å². The van der Waals surface area contributed by atoms with Gasteiger partial charge < -0.3 is 10.2 Å². The number of amides is 1. The van der Waals surface area contributed by atoms with Crippen molar-refractivity contribution in [1.82, 2.24) is 15.1 Å². The predicted octanol–water partition coefficient (Wildman–Crippen LogP) is 0.537. The van der Waals surface area contributed by atoms with Gasteiger partial charge in [-0.15, -0.1) is 0 Å². The minimum absolute atomic E-state index is 0.0652. The summed E-state index contributed by atoms with van der Waals surface area (Å²) in [4.78, 5) is 16.9. The Labute approximate surface area is 104 Å². The van der Waals surface area contributed by atoms with E-state index in [2.05, 4.69) is 35.9 Å². The molecule has 2 rings (SSSR count). The van der Waals surface area contributed by atoms with Crippen LogP contribution < -0.4 is 5.32 Å². The SMILES string of the molecule is CCN1CCN(C(=O)C2NCCC2C)CC1C. The molecule has 4 heteroatoms. The number of nitrogens with one attached hydrogen (secondary N) is 1. The molecule has 0 bridgehead atoms. The van der Waals surface area contributed by atoms with Gasteiger partial charge in [-0.3, -0.25) is 9.69 Å². The van der Waals surface area contributed by atoms with E-state index in [1.165, 1.54) is 0 Å². The number of likely N-dealkylation sites (N-methyl/N-ethyl adjacent to an activating group) is 1. The third-order valence-corrected chi connectivity index (χ3v) is 4.28. The average molecular weight is 239 g/mol. The fourth-order valence-corrected chi connectivity index (χ4v) is 3.03. The molecule has 0 aromatic heterocycles. The maximum Gasteiger partial charge on any atom is 0.240 e. The molecule has 2 aliphatic rings. The van der Waals surface area contributed by atoms with Gasteiger partial charge in [-0.1, -0.05) is 13.8 Å². The molecule has 2 fully saturated rings. The van der Waals surface area contributed by atoms with Gasteiger partial charge in [0, 0.05) is 25.7 Å². The lowest BCUT2D eigenvalue weighted by Crippen LogP contribution is -2.57. The normalized spacial score (nSPS) is 35.2. The highest BCUT2D eigenvalue weighted by molar-refractivity contribution is 5.82. The van der Waals surface area contributed by atoms with Crippen molar-refractivity contribution in [1.29, 1.82) is 0 Å². The Bertz CT molecular complexity index is 282. The van der Waals surface area contributed by atoms with Crippen LogP contribution in [0.2, 0.25) is 0 Å². The minimum atomic E-state index is 0.0652. The van der Waals surface area contributed by atoms with Crippen molar-refractivity contribution >= 4 is 5.91 Å². The fraction of sp³-hybridized carbons (Fsp3) is 0.923. The van der Waals surface area contributed by atoms with Crippen LogP contribution in [-0.4, -0.2) is 60.5 Å². The van der Waals surface area contributed by atoms with Crippen LogP contribution in [0, 0.1) is 5.92 Å². The summed E-state index contributed by atoms with van der Waals surface area (Å²) in [6.07, 6.45) is 1.13. The molecule has 2 heterocycles. The van der Waals surface area contributed by atoms with E-state index < -0.39 is 0 Å². The Balaban J connectivity index is 1.93. The average Bonchev–Trinajstić information content (AvgIpc) is 2.74. The van der Waals surface area contributed by atoms with E-state index in [9.17, 15) is 4.79 Å². The molecule has 1 amide bonds. The fourth-order valence-electron chi connectivity index (χ4n) is 3.03. The Morgan fingerprint density at radius 2 is 2.12 bits per heavy atom. The van der Waals surface area contributed by atoms with Crippen molar-refractivity contribution < 1.29 is 4.79 Å². The maximum atomic E-state index is 12.4. The van der Waals surface area contributed by atoms with Crippen molar-refractivity contribution in [3.05, 3.63) is 0 Å². The van der Waals surface area contributed by atoms with E-state index in [0.29, 0.717) is 17.9 Å². The molecule has 1 N–H and O–H groups in total. The van der Waals surface area contributed by atoms with Gasteiger partial charge >= 0.3 is 0 Å². The molecule has 4 nitrogen and oxygen atoms in total. The summed E-state index contributed by atoms with van der Waals surface area (Å²) in [7, 11) is 0. The number of piperazine rings is 1. The van der Waals surface area contributed by atoms with Crippen LogP contribution in [0.25, 0.3) is 0 Å². The van der Waals surface area contributed by atoms with Gasteiger partial charge in [0.25, 0.3) is 0 Å². The largest absolute Gasteiger partial charge is 0.338 e. The first kappa shape index (κ1) is 12.8. The molecule has 2 aliphatic heterocycles. The molecule has 17 heavy (non-hydrogen) atoms. The highest BCUT2D eigenvalue weighted by Crippen LogP contribution is 2.18. The molecule has 0 radical (unpaired) electrons. The van der Waals surface area contributed by atoms with Crippen molar-refractivity contribution in [2.45, 2.75) is 39.3 Å². The third kappa shape index (κ3) is 2.63. The summed E-state index contributed by atoms with van der Waals surface area (Å²) in [5.74, 6) is 0.805. The first-order valence-corrected chi connectivity index (χ1v) is 6.89. The number of hydrogen-bond acceptors (Lipinski definition) is 3. The lowest BCUT2D eigenvalue weighted by atomic mass is 10.0. The highest BCUT2D eigenvalue weighted by Gasteiger charge is 2.35. The zero-order valence-corrected chi connectivity index (χ0v) is 11.3. The van der Waals surface area contributed by atoms with Gasteiger partial charge in [0.1, 0.15) is 0 Å². The Morgan fingerprint density at radius 1 is 1.35 bits per heavy atom. The summed E-state index contributed by atoms with van der Waals surface area (Å²) in [5, 5.41) is 3.34. The number of carbonyl (C=O) groups is 1. The zero-order chi connectivity index (χ0) is 12.4. The molecule has 3 unspecified atom stereocenters. The molecule has 98 valence electrons. The van der Waals surface area contributed by atoms with E-state index in [-0.39, 0.29) is 6.04 Å². The van der Waals surface area contributed by atoms with E-state index in [1.807, 2.05) is 0 Å². The Kier molecular flexibility index (Phi) is 4.05.